The minimum absolute atomic E-state index is 0.209. The van der Waals surface area contributed by atoms with E-state index in [1.807, 2.05) is 35.4 Å². The van der Waals surface area contributed by atoms with Gasteiger partial charge in [-0.15, -0.1) is 0 Å². The molecule has 0 bridgehead atoms. The molecule has 28 heavy (non-hydrogen) atoms. The lowest BCUT2D eigenvalue weighted by atomic mass is 9.89. The lowest BCUT2D eigenvalue weighted by Crippen LogP contribution is -2.39. The molecule has 5 heteroatoms. The molecule has 3 aromatic rings. The summed E-state index contributed by atoms with van der Waals surface area (Å²) in [6.45, 7) is 3.60. The van der Waals surface area contributed by atoms with Crippen molar-refractivity contribution in [1.82, 2.24) is 19.9 Å². The highest BCUT2D eigenvalue weighted by Crippen LogP contribution is 2.33. The van der Waals surface area contributed by atoms with E-state index < -0.39 is 0 Å². The maximum Gasteiger partial charge on any atom is 0.226 e. The van der Waals surface area contributed by atoms with Crippen LogP contribution in [0.1, 0.15) is 35.6 Å². The zero-order valence-electron chi connectivity index (χ0n) is 16.1. The van der Waals surface area contributed by atoms with E-state index in [-0.39, 0.29) is 5.91 Å². The third-order valence-electron chi connectivity index (χ3n) is 5.41. The van der Waals surface area contributed by atoms with Gasteiger partial charge in [0.1, 0.15) is 6.33 Å². The van der Waals surface area contributed by atoms with Crippen LogP contribution < -0.4 is 0 Å². The van der Waals surface area contributed by atoms with Crippen LogP contribution in [-0.2, 0) is 11.2 Å². The van der Waals surface area contributed by atoms with Gasteiger partial charge in [0.15, 0.2) is 0 Å². The van der Waals surface area contributed by atoms with Crippen molar-refractivity contribution in [3.05, 3.63) is 78.1 Å². The summed E-state index contributed by atoms with van der Waals surface area (Å²) >= 11 is 0. The van der Waals surface area contributed by atoms with Gasteiger partial charge < -0.3 is 4.90 Å². The van der Waals surface area contributed by atoms with Crippen molar-refractivity contribution >= 4 is 5.91 Å². The summed E-state index contributed by atoms with van der Waals surface area (Å²) < 4.78 is 0. The molecule has 1 aliphatic rings. The number of pyridine rings is 1. The number of rotatable bonds is 4. The number of aryl methyl sites for hydroxylation is 1. The molecule has 3 heterocycles. The van der Waals surface area contributed by atoms with Gasteiger partial charge in [-0.3, -0.25) is 9.78 Å². The predicted octanol–water partition coefficient (Wildman–Crippen LogP) is 3.80. The number of nitrogens with zero attached hydrogens (tertiary/aromatic N) is 4. The van der Waals surface area contributed by atoms with Gasteiger partial charge in [0.25, 0.3) is 0 Å². The van der Waals surface area contributed by atoms with Crippen LogP contribution in [0.15, 0.2) is 61.3 Å². The molecule has 0 aliphatic carbocycles. The van der Waals surface area contributed by atoms with Crippen molar-refractivity contribution in [3.63, 3.8) is 0 Å². The fraction of sp³-hybridized carbons (Fsp3) is 0.304. The Labute approximate surface area is 165 Å². The molecule has 5 nitrogen and oxygen atoms in total. The first-order valence-electron chi connectivity index (χ1n) is 9.74. The fourth-order valence-corrected chi connectivity index (χ4v) is 3.93. The number of piperidine rings is 1. The van der Waals surface area contributed by atoms with Crippen LogP contribution in [0.25, 0.3) is 11.1 Å². The number of carbonyl (C=O) groups excluding carboxylic acids is 1. The van der Waals surface area contributed by atoms with Gasteiger partial charge in [0.05, 0.1) is 12.1 Å². The van der Waals surface area contributed by atoms with E-state index in [0.717, 1.165) is 48.3 Å². The minimum atomic E-state index is 0.209. The number of aromatic nitrogens is 3. The Morgan fingerprint density at radius 3 is 2.64 bits per heavy atom. The largest absolute Gasteiger partial charge is 0.342 e. The second-order valence-electron chi connectivity index (χ2n) is 7.38. The maximum absolute atomic E-state index is 12.7. The number of hydrogen-bond donors (Lipinski definition) is 0. The molecule has 142 valence electrons. The first-order valence-corrected chi connectivity index (χ1v) is 9.74. The zero-order chi connectivity index (χ0) is 19.3. The van der Waals surface area contributed by atoms with Gasteiger partial charge in [0.2, 0.25) is 5.91 Å². The summed E-state index contributed by atoms with van der Waals surface area (Å²) in [6, 6.07) is 12.2. The van der Waals surface area contributed by atoms with Crippen LogP contribution in [0.5, 0.6) is 0 Å². The highest BCUT2D eigenvalue weighted by Gasteiger charge is 2.26. The van der Waals surface area contributed by atoms with Crippen molar-refractivity contribution in [2.75, 3.05) is 13.1 Å². The van der Waals surface area contributed by atoms with Crippen molar-refractivity contribution in [2.24, 2.45) is 0 Å². The summed E-state index contributed by atoms with van der Waals surface area (Å²) in [5.41, 5.74) is 5.50. The summed E-state index contributed by atoms with van der Waals surface area (Å²) in [4.78, 5) is 27.6. The summed E-state index contributed by atoms with van der Waals surface area (Å²) in [7, 11) is 0. The molecule has 2 aromatic heterocycles. The molecule has 1 aromatic carbocycles. The molecular weight excluding hydrogens is 348 g/mol. The van der Waals surface area contributed by atoms with Crippen molar-refractivity contribution in [3.8, 4) is 11.1 Å². The Balaban J connectivity index is 1.43. The number of benzene rings is 1. The van der Waals surface area contributed by atoms with Crippen LogP contribution in [0.3, 0.4) is 0 Å². The van der Waals surface area contributed by atoms with Crippen molar-refractivity contribution < 1.29 is 4.79 Å². The highest BCUT2D eigenvalue weighted by molar-refractivity contribution is 5.79. The summed E-state index contributed by atoms with van der Waals surface area (Å²) in [5.74, 6) is 0.551. The molecule has 1 aliphatic heterocycles. The molecular formula is C23H24N4O. The summed E-state index contributed by atoms with van der Waals surface area (Å²) in [5, 5.41) is 0. The Morgan fingerprint density at radius 2 is 1.89 bits per heavy atom. The van der Waals surface area contributed by atoms with E-state index in [4.69, 9.17) is 0 Å². The molecule has 0 unspecified atom stereocenters. The number of amides is 1. The molecule has 1 fully saturated rings. The summed E-state index contributed by atoms with van der Waals surface area (Å²) in [6.07, 6.45) is 9.41. The van der Waals surface area contributed by atoms with Gasteiger partial charge in [-0.25, -0.2) is 9.97 Å². The van der Waals surface area contributed by atoms with E-state index >= 15 is 0 Å². The molecule has 0 radical (unpaired) electrons. The van der Waals surface area contributed by atoms with Gasteiger partial charge in [-0.05, 0) is 43.0 Å². The van der Waals surface area contributed by atoms with E-state index in [1.54, 1.807) is 18.7 Å². The molecule has 4 rings (SSSR count). The van der Waals surface area contributed by atoms with Crippen LogP contribution in [-0.4, -0.2) is 38.8 Å². The lowest BCUT2D eigenvalue weighted by Gasteiger charge is -2.32. The standard InChI is InChI=1S/C23H24N4O/c1-17-3-2-4-18(13-17)14-22(28)27-11-7-20(8-12-27)23-21(15-25-16-26-23)19-5-9-24-10-6-19/h2-6,9-10,13,15-16,20H,7-8,11-12,14H2,1H3. The highest BCUT2D eigenvalue weighted by atomic mass is 16.2. The second-order valence-corrected chi connectivity index (χ2v) is 7.38. The van der Waals surface area contributed by atoms with E-state index in [2.05, 4.69) is 34.0 Å². The Kier molecular flexibility index (Phi) is 5.42. The van der Waals surface area contributed by atoms with Crippen LogP contribution in [0.2, 0.25) is 0 Å². The average molecular weight is 372 g/mol. The minimum Gasteiger partial charge on any atom is -0.342 e. The first kappa shape index (κ1) is 18.3. The predicted molar refractivity (Wildman–Crippen MR) is 109 cm³/mol. The van der Waals surface area contributed by atoms with Crippen LogP contribution >= 0.6 is 0 Å². The van der Waals surface area contributed by atoms with Gasteiger partial charge >= 0.3 is 0 Å². The van der Waals surface area contributed by atoms with E-state index in [1.165, 1.54) is 5.56 Å². The second kappa shape index (κ2) is 8.30. The fourth-order valence-electron chi connectivity index (χ4n) is 3.93. The van der Waals surface area contributed by atoms with E-state index in [0.29, 0.717) is 12.3 Å². The molecule has 0 atom stereocenters. The molecule has 1 saturated heterocycles. The Morgan fingerprint density at radius 1 is 1.11 bits per heavy atom. The third-order valence-corrected chi connectivity index (χ3v) is 5.41. The third kappa shape index (κ3) is 4.09. The molecule has 0 saturated carbocycles. The van der Waals surface area contributed by atoms with Crippen molar-refractivity contribution in [1.29, 1.82) is 0 Å². The smallest absolute Gasteiger partial charge is 0.226 e. The Bertz CT molecular complexity index is 950. The number of likely N-dealkylation sites (tertiary alicyclic amines) is 1. The van der Waals surface area contributed by atoms with Gasteiger partial charge in [-0.1, -0.05) is 29.8 Å². The average Bonchev–Trinajstić information content (AvgIpc) is 2.74. The monoisotopic (exact) mass is 372 g/mol. The molecule has 1 amide bonds. The normalized spacial score (nSPS) is 14.8. The van der Waals surface area contributed by atoms with E-state index in [9.17, 15) is 4.79 Å². The zero-order valence-corrected chi connectivity index (χ0v) is 16.1. The molecule has 0 spiro atoms. The SMILES string of the molecule is Cc1cccc(CC(=O)N2CCC(c3ncncc3-c3ccncc3)CC2)c1. The van der Waals surface area contributed by atoms with Crippen molar-refractivity contribution in [2.45, 2.75) is 32.1 Å². The number of hydrogen-bond acceptors (Lipinski definition) is 4. The maximum atomic E-state index is 12.7. The first-order chi connectivity index (χ1) is 13.7. The Hall–Kier alpha value is -3.08. The molecule has 0 N–H and O–H groups in total. The topological polar surface area (TPSA) is 59.0 Å². The quantitative estimate of drug-likeness (QED) is 0.699. The number of carbonyl (C=O) groups is 1. The van der Waals surface area contributed by atoms with Crippen LogP contribution in [0.4, 0.5) is 0 Å². The van der Waals surface area contributed by atoms with Gasteiger partial charge in [-0.2, -0.15) is 0 Å². The van der Waals surface area contributed by atoms with Crippen LogP contribution in [0, 0.1) is 6.92 Å². The van der Waals surface area contributed by atoms with Gasteiger partial charge in [0, 0.05) is 43.2 Å². The lowest BCUT2D eigenvalue weighted by molar-refractivity contribution is -0.131.